The molecule has 0 aromatic carbocycles. The molecule has 17 heavy (non-hydrogen) atoms. The SMILES string of the molecule is CCCCOCCCNC(=O)CC1(N)CCC1. The Labute approximate surface area is 104 Å². The minimum atomic E-state index is -0.207. The Hall–Kier alpha value is -0.610. The van der Waals surface area contributed by atoms with Crippen LogP contribution in [0.5, 0.6) is 0 Å². The van der Waals surface area contributed by atoms with Gasteiger partial charge in [-0.3, -0.25) is 4.79 Å². The van der Waals surface area contributed by atoms with Crippen LogP contribution in [-0.2, 0) is 9.53 Å². The lowest BCUT2D eigenvalue weighted by Gasteiger charge is -2.37. The van der Waals surface area contributed by atoms with Crippen LogP contribution in [0.3, 0.4) is 0 Å². The van der Waals surface area contributed by atoms with Gasteiger partial charge in [-0.15, -0.1) is 0 Å². The van der Waals surface area contributed by atoms with Crippen LogP contribution >= 0.6 is 0 Å². The second kappa shape index (κ2) is 7.67. The number of carbonyl (C=O) groups is 1. The van der Waals surface area contributed by atoms with E-state index >= 15 is 0 Å². The van der Waals surface area contributed by atoms with Crippen LogP contribution in [0.4, 0.5) is 0 Å². The van der Waals surface area contributed by atoms with Gasteiger partial charge >= 0.3 is 0 Å². The summed E-state index contributed by atoms with van der Waals surface area (Å²) in [6, 6.07) is 0. The van der Waals surface area contributed by atoms with Crippen LogP contribution in [-0.4, -0.2) is 31.2 Å². The third-order valence-electron chi connectivity index (χ3n) is 3.29. The molecule has 0 atom stereocenters. The molecular formula is C13H26N2O2. The smallest absolute Gasteiger partial charge is 0.221 e. The summed E-state index contributed by atoms with van der Waals surface area (Å²) < 4.78 is 5.41. The highest BCUT2D eigenvalue weighted by atomic mass is 16.5. The Kier molecular flexibility index (Phi) is 6.52. The van der Waals surface area contributed by atoms with Gasteiger partial charge in [-0.1, -0.05) is 13.3 Å². The number of nitrogens with one attached hydrogen (secondary N) is 1. The third kappa shape index (κ3) is 6.03. The van der Waals surface area contributed by atoms with Crippen LogP contribution in [0.2, 0.25) is 0 Å². The van der Waals surface area contributed by atoms with Gasteiger partial charge in [0.2, 0.25) is 5.91 Å². The Morgan fingerprint density at radius 1 is 1.35 bits per heavy atom. The van der Waals surface area contributed by atoms with Crippen molar-refractivity contribution >= 4 is 5.91 Å². The Morgan fingerprint density at radius 2 is 2.06 bits per heavy atom. The van der Waals surface area contributed by atoms with E-state index < -0.39 is 0 Å². The summed E-state index contributed by atoms with van der Waals surface area (Å²) in [4.78, 5) is 11.6. The standard InChI is InChI=1S/C13H26N2O2/c1-2-3-9-17-10-5-8-15-12(16)11-13(14)6-4-7-13/h2-11,14H2,1H3,(H,15,16). The monoisotopic (exact) mass is 242 g/mol. The highest BCUT2D eigenvalue weighted by molar-refractivity contribution is 5.77. The van der Waals surface area contributed by atoms with Crippen molar-refractivity contribution in [2.24, 2.45) is 5.73 Å². The Bertz CT molecular complexity index is 227. The molecule has 1 fully saturated rings. The maximum atomic E-state index is 11.6. The molecule has 0 spiro atoms. The molecule has 4 nitrogen and oxygen atoms in total. The predicted molar refractivity (Wildman–Crippen MR) is 68.7 cm³/mol. The number of hydrogen-bond donors (Lipinski definition) is 2. The van der Waals surface area contributed by atoms with Gasteiger partial charge in [-0.05, 0) is 32.1 Å². The quantitative estimate of drug-likeness (QED) is 0.603. The average Bonchev–Trinajstić information content (AvgIpc) is 2.26. The van der Waals surface area contributed by atoms with Gasteiger partial charge in [0.15, 0.2) is 0 Å². The first kappa shape index (κ1) is 14.5. The van der Waals surface area contributed by atoms with Crippen molar-refractivity contribution in [3.8, 4) is 0 Å². The van der Waals surface area contributed by atoms with E-state index in [4.69, 9.17) is 10.5 Å². The molecule has 3 N–H and O–H groups in total. The summed E-state index contributed by atoms with van der Waals surface area (Å²) in [6.45, 7) is 4.40. The highest BCUT2D eigenvalue weighted by Gasteiger charge is 2.34. The molecule has 1 saturated carbocycles. The lowest BCUT2D eigenvalue weighted by Crippen LogP contribution is -2.50. The molecule has 100 valence electrons. The summed E-state index contributed by atoms with van der Waals surface area (Å²) >= 11 is 0. The molecule has 1 aliphatic carbocycles. The van der Waals surface area contributed by atoms with Crippen molar-refractivity contribution in [2.45, 2.75) is 57.4 Å². The van der Waals surface area contributed by atoms with Crippen LogP contribution in [0, 0.1) is 0 Å². The van der Waals surface area contributed by atoms with Crippen molar-refractivity contribution in [3.05, 3.63) is 0 Å². The largest absolute Gasteiger partial charge is 0.381 e. The van der Waals surface area contributed by atoms with Gasteiger partial charge < -0.3 is 15.8 Å². The second-order valence-electron chi connectivity index (χ2n) is 5.06. The fraction of sp³-hybridized carbons (Fsp3) is 0.923. The van der Waals surface area contributed by atoms with E-state index in [9.17, 15) is 4.79 Å². The van der Waals surface area contributed by atoms with E-state index in [1.165, 1.54) is 0 Å². The van der Waals surface area contributed by atoms with Gasteiger partial charge in [-0.2, -0.15) is 0 Å². The van der Waals surface area contributed by atoms with Crippen molar-refractivity contribution in [2.75, 3.05) is 19.8 Å². The van der Waals surface area contributed by atoms with Gasteiger partial charge in [-0.25, -0.2) is 0 Å². The van der Waals surface area contributed by atoms with Gasteiger partial charge in [0, 0.05) is 31.7 Å². The molecule has 1 rings (SSSR count). The summed E-state index contributed by atoms with van der Waals surface area (Å²) in [5, 5.41) is 2.90. The zero-order valence-electron chi connectivity index (χ0n) is 11.0. The van der Waals surface area contributed by atoms with Crippen molar-refractivity contribution in [1.82, 2.24) is 5.32 Å². The zero-order valence-corrected chi connectivity index (χ0v) is 11.0. The van der Waals surface area contributed by atoms with Crippen LogP contribution in [0.1, 0.15) is 51.9 Å². The number of hydrogen-bond acceptors (Lipinski definition) is 3. The zero-order chi connectivity index (χ0) is 12.6. The topological polar surface area (TPSA) is 64.3 Å². The van der Waals surface area contributed by atoms with Crippen molar-refractivity contribution < 1.29 is 9.53 Å². The molecule has 0 bridgehead atoms. The van der Waals surface area contributed by atoms with Crippen LogP contribution in [0.15, 0.2) is 0 Å². The maximum absolute atomic E-state index is 11.6. The fourth-order valence-corrected chi connectivity index (χ4v) is 1.94. The van der Waals surface area contributed by atoms with E-state index in [0.29, 0.717) is 13.0 Å². The molecule has 1 amide bonds. The third-order valence-corrected chi connectivity index (χ3v) is 3.29. The number of nitrogens with two attached hydrogens (primary N) is 1. The number of unbranched alkanes of at least 4 members (excludes halogenated alkanes) is 1. The summed E-state index contributed by atoms with van der Waals surface area (Å²) in [6.07, 6.45) is 6.77. The molecule has 1 aliphatic rings. The Balaban J connectivity index is 1.90. The van der Waals surface area contributed by atoms with E-state index in [2.05, 4.69) is 12.2 Å². The van der Waals surface area contributed by atoms with Gasteiger partial charge in [0.25, 0.3) is 0 Å². The fourth-order valence-electron chi connectivity index (χ4n) is 1.94. The van der Waals surface area contributed by atoms with E-state index in [1.807, 2.05) is 0 Å². The predicted octanol–water partition coefficient (Wildman–Crippen LogP) is 1.58. The molecule has 0 aromatic heterocycles. The molecule has 0 aliphatic heterocycles. The van der Waals surface area contributed by atoms with Gasteiger partial charge in [0.1, 0.15) is 0 Å². The number of amides is 1. The Morgan fingerprint density at radius 3 is 2.65 bits per heavy atom. The normalized spacial score (nSPS) is 17.5. The maximum Gasteiger partial charge on any atom is 0.221 e. The minimum absolute atomic E-state index is 0.0840. The molecular weight excluding hydrogens is 216 g/mol. The van der Waals surface area contributed by atoms with Crippen molar-refractivity contribution in [3.63, 3.8) is 0 Å². The average molecular weight is 242 g/mol. The summed E-state index contributed by atoms with van der Waals surface area (Å²) in [7, 11) is 0. The first-order chi connectivity index (χ1) is 8.16. The molecule has 4 heteroatoms. The van der Waals surface area contributed by atoms with E-state index in [0.717, 1.165) is 51.7 Å². The summed E-state index contributed by atoms with van der Waals surface area (Å²) in [5.41, 5.74) is 5.80. The van der Waals surface area contributed by atoms with Crippen LogP contribution < -0.4 is 11.1 Å². The minimum Gasteiger partial charge on any atom is -0.381 e. The first-order valence-corrected chi connectivity index (χ1v) is 6.80. The molecule has 0 aromatic rings. The van der Waals surface area contributed by atoms with E-state index in [-0.39, 0.29) is 11.4 Å². The second-order valence-corrected chi connectivity index (χ2v) is 5.06. The number of carbonyl (C=O) groups excluding carboxylic acids is 1. The highest BCUT2D eigenvalue weighted by Crippen LogP contribution is 2.31. The molecule has 0 heterocycles. The molecule has 0 unspecified atom stereocenters. The van der Waals surface area contributed by atoms with Crippen molar-refractivity contribution in [1.29, 1.82) is 0 Å². The van der Waals surface area contributed by atoms with Gasteiger partial charge in [0.05, 0.1) is 0 Å². The van der Waals surface area contributed by atoms with E-state index in [1.54, 1.807) is 0 Å². The number of ether oxygens (including phenoxy) is 1. The summed E-state index contributed by atoms with van der Waals surface area (Å²) in [5.74, 6) is 0.0840. The molecule has 0 saturated heterocycles. The first-order valence-electron chi connectivity index (χ1n) is 6.80. The lowest BCUT2D eigenvalue weighted by molar-refractivity contribution is -0.123. The number of rotatable bonds is 9. The van der Waals surface area contributed by atoms with Crippen LogP contribution in [0.25, 0.3) is 0 Å². The molecule has 0 radical (unpaired) electrons. The lowest BCUT2D eigenvalue weighted by atomic mass is 9.75.